The summed E-state index contributed by atoms with van der Waals surface area (Å²) in [6.07, 6.45) is 0. The van der Waals surface area contributed by atoms with E-state index in [0.29, 0.717) is 10.8 Å². The van der Waals surface area contributed by atoms with Gasteiger partial charge in [0.25, 0.3) is 0 Å². The van der Waals surface area contributed by atoms with Crippen molar-refractivity contribution < 1.29 is 0 Å². The van der Waals surface area contributed by atoms with Crippen molar-refractivity contribution in [3.8, 4) is 11.4 Å². The molecule has 0 bridgehead atoms. The molecule has 0 aliphatic heterocycles. The van der Waals surface area contributed by atoms with Crippen molar-refractivity contribution in [1.82, 2.24) is 15.2 Å². The molecule has 1 heterocycles. The van der Waals surface area contributed by atoms with E-state index in [1.807, 2.05) is 12.1 Å². The van der Waals surface area contributed by atoms with E-state index in [1.54, 1.807) is 6.07 Å². The third-order valence-corrected chi connectivity index (χ3v) is 2.82. The molecule has 1 aromatic heterocycles. The number of benzene rings is 1. The number of nitrogens with two attached hydrogens (primary N) is 1. The van der Waals surface area contributed by atoms with Crippen LogP contribution in [0.15, 0.2) is 18.2 Å². The zero-order chi connectivity index (χ0) is 10.1. The topological polar surface area (TPSA) is 67.6 Å². The number of hydrogen-bond acceptors (Lipinski definition) is 3. The molecular formula is C8H6ClIN4. The van der Waals surface area contributed by atoms with Crippen molar-refractivity contribution >= 4 is 40.1 Å². The molecule has 6 heteroatoms. The highest BCUT2D eigenvalue weighted by Crippen LogP contribution is 2.25. The molecule has 0 spiro atoms. The molecule has 0 atom stereocenters. The maximum Gasteiger partial charge on any atom is 0.239 e. The molecule has 2 aromatic rings. The molecule has 0 aliphatic carbocycles. The summed E-state index contributed by atoms with van der Waals surface area (Å²) in [6.45, 7) is 0. The molecule has 0 fully saturated rings. The van der Waals surface area contributed by atoms with Gasteiger partial charge >= 0.3 is 0 Å². The van der Waals surface area contributed by atoms with E-state index in [2.05, 4.69) is 37.8 Å². The number of nitrogen functional groups attached to an aromatic ring is 1. The number of nitrogens with zero attached hydrogens (tertiary/aromatic N) is 2. The van der Waals surface area contributed by atoms with Gasteiger partial charge in [-0.25, -0.2) is 0 Å². The van der Waals surface area contributed by atoms with Crippen LogP contribution in [-0.4, -0.2) is 15.2 Å². The Kier molecular flexibility index (Phi) is 2.60. The minimum atomic E-state index is 0.241. The highest BCUT2D eigenvalue weighted by atomic mass is 127. The Morgan fingerprint density at radius 2 is 2.21 bits per heavy atom. The van der Waals surface area contributed by atoms with E-state index in [-0.39, 0.29) is 5.95 Å². The lowest BCUT2D eigenvalue weighted by molar-refractivity contribution is 1.10. The molecule has 72 valence electrons. The number of anilines is 1. The summed E-state index contributed by atoms with van der Waals surface area (Å²) in [7, 11) is 0. The maximum absolute atomic E-state index is 5.83. The number of aromatic nitrogens is 3. The third kappa shape index (κ3) is 1.83. The molecule has 0 radical (unpaired) electrons. The molecule has 1 aromatic carbocycles. The zero-order valence-electron chi connectivity index (χ0n) is 6.96. The lowest BCUT2D eigenvalue weighted by atomic mass is 10.2. The predicted molar refractivity (Wildman–Crippen MR) is 64.0 cm³/mol. The van der Waals surface area contributed by atoms with Crippen molar-refractivity contribution in [2.75, 3.05) is 5.73 Å². The van der Waals surface area contributed by atoms with Crippen LogP contribution in [0.3, 0.4) is 0 Å². The van der Waals surface area contributed by atoms with Gasteiger partial charge in [-0.05, 0) is 40.8 Å². The summed E-state index contributed by atoms with van der Waals surface area (Å²) in [4.78, 5) is 4.03. The highest BCUT2D eigenvalue weighted by molar-refractivity contribution is 14.1. The zero-order valence-corrected chi connectivity index (χ0v) is 9.87. The van der Waals surface area contributed by atoms with Gasteiger partial charge in [0, 0.05) is 14.2 Å². The summed E-state index contributed by atoms with van der Waals surface area (Å²) in [5, 5.41) is 7.21. The van der Waals surface area contributed by atoms with Gasteiger partial charge in [0.1, 0.15) is 0 Å². The fourth-order valence-electron chi connectivity index (χ4n) is 1.08. The average molecular weight is 321 g/mol. The quantitative estimate of drug-likeness (QED) is 0.792. The SMILES string of the molecule is Nc1n[nH]c(-c2ccc(Cl)cc2I)n1. The second-order valence-corrected chi connectivity index (χ2v) is 4.27. The van der Waals surface area contributed by atoms with Gasteiger partial charge in [0.2, 0.25) is 5.95 Å². The first-order chi connectivity index (χ1) is 6.66. The normalized spacial score (nSPS) is 10.4. The number of halogens is 2. The van der Waals surface area contributed by atoms with Crippen LogP contribution in [0.4, 0.5) is 5.95 Å². The highest BCUT2D eigenvalue weighted by Gasteiger charge is 2.07. The standard InChI is InChI=1S/C8H6ClIN4/c9-4-1-2-5(6(10)3-4)7-12-8(11)14-13-7/h1-3H,(H3,11,12,13,14). The number of nitrogens with one attached hydrogen (secondary N) is 1. The lowest BCUT2D eigenvalue weighted by Crippen LogP contribution is -1.87. The second-order valence-electron chi connectivity index (χ2n) is 2.67. The summed E-state index contributed by atoms with van der Waals surface area (Å²) in [6, 6.07) is 5.54. The van der Waals surface area contributed by atoms with Crippen LogP contribution in [0.25, 0.3) is 11.4 Å². The largest absolute Gasteiger partial charge is 0.366 e. The van der Waals surface area contributed by atoms with E-state index in [1.165, 1.54) is 0 Å². The second kappa shape index (κ2) is 3.74. The van der Waals surface area contributed by atoms with Crippen LogP contribution in [0.1, 0.15) is 0 Å². The van der Waals surface area contributed by atoms with Gasteiger partial charge in [-0.1, -0.05) is 11.6 Å². The minimum absolute atomic E-state index is 0.241. The van der Waals surface area contributed by atoms with E-state index in [4.69, 9.17) is 17.3 Å². The van der Waals surface area contributed by atoms with E-state index >= 15 is 0 Å². The first kappa shape index (κ1) is 9.72. The van der Waals surface area contributed by atoms with Crippen LogP contribution in [0.2, 0.25) is 5.02 Å². The first-order valence-electron chi connectivity index (χ1n) is 3.80. The van der Waals surface area contributed by atoms with Gasteiger partial charge in [-0.2, -0.15) is 4.98 Å². The Morgan fingerprint density at radius 1 is 1.43 bits per heavy atom. The van der Waals surface area contributed by atoms with Gasteiger partial charge in [-0.15, -0.1) is 5.10 Å². The molecule has 4 nitrogen and oxygen atoms in total. The Balaban J connectivity index is 2.52. The molecule has 0 aliphatic rings. The Bertz CT molecular complexity index is 468. The lowest BCUT2D eigenvalue weighted by Gasteiger charge is -1.99. The Hall–Kier alpha value is -0.820. The fraction of sp³-hybridized carbons (Fsp3) is 0. The summed E-state index contributed by atoms with van der Waals surface area (Å²) in [5.41, 5.74) is 6.36. The number of H-pyrrole nitrogens is 1. The third-order valence-electron chi connectivity index (χ3n) is 1.69. The molecular weight excluding hydrogens is 314 g/mol. The van der Waals surface area contributed by atoms with Gasteiger partial charge < -0.3 is 5.73 Å². The molecule has 0 unspecified atom stereocenters. The Morgan fingerprint density at radius 3 is 2.79 bits per heavy atom. The summed E-state index contributed by atoms with van der Waals surface area (Å²) in [5.74, 6) is 0.898. The number of aromatic amines is 1. The van der Waals surface area contributed by atoms with E-state index in [9.17, 15) is 0 Å². The van der Waals surface area contributed by atoms with Crippen molar-refractivity contribution in [1.29, 1.82) is 0 Å². The number of hydrogen-bond donors (Lipinski definition) is 2. The average Bonchev–Trinajstić information content (AvgIpc) is 2.51. The van der Waals surface area contributed by atoms with Crippen LogP contribution >= 0.6 is 34.2 Å². The van der Waals surface area contributed by atoms with E-state index < -0.39 is 0 Å². The molecule has 3 N–H and O–H groups in total. The maximum atomic E-state index is 5.83. The summed E-state index contributed by atoms with van der Waals surface area (Å²) >= 11 is 8.02. The van der Waals surface area contributed by atoms with Crippen LogP contribution < -0.4 is 5.73 Å². The van der Waals surface area contributed by atoms with Crippen LogP contribution in [-0.2, 0) is 0 Å². The van der Waals surface area contributed by atoms with Crippen molar-refractivity contribution in [3.63, 3.8) is 0 Å². The molecule has 2 rings (SSSR count). The minimum Gasteiger partial charge on any atom is -0.366 e. The van der Waals surface area contributed by atoms with Crippen molar-refractivity contribution in [3.05, 3.63) is 26.8 Å². The van der Waals surface area contributed by atoms with E-state index in [0.717, 1.165) is 9.13 Å². The van der Waals surface area contributed by atoms with Crippen molar-refractivity contribution in [2.24, 2.45) is 0 Å². The molecule has 0 saturated heterocycles. The Labute approximate surface area is 99.0 Å². The summed E-state index contributed by atoms with van der Waals surface area (Å²) < 4.78 is 1.01. The predicted octanol–water partition coefficient (Wildman–Crippen LogP) is 2.31. The molecule has 14 heavy (non-hydrogen) atoms. The monoisotopic (exact) mass is 320 g/mol. The van der Waals surface area contributed by atoms with Crippen LogP contribution in [0, 0.1) is 3.57 Å². The van der Waals surface area contributed by atoms with Gasteiger partial charge in [-0.3, -0.25) is 5.10 Å². The molecule has 0 saturated carbocycles. The smallest absolute Gasteiger partial charge is 0.239 e. The first-order valence-corrected chi connectivity index (χ1v) is 5.26. The number of rotatable bonds is 1. The van der Waals surface area contributed by atoms with Gasteiger partial charge in [0.15, 0.2) is 5.82 Å². The van der Waals surface area contributed by atoms with Crippen LogP contribution in [0.5, 0.6) is 0 Å². The molecule has 0 amide bonds. The van der Waals surface area contributed by atoms with Crippen molar-refractivity contribution in [2.45, 2.75) is 0 Å². The fourth-order valence-corrected chi connectivity index (χ4v) is 2.20. The van der Waals surface area contributed by atoms with Gasteiger partial charge in [0.05, 0.1) is 0 Å².